The Hall–Kier alpha value is -3.40. The van der Waals surface area contributed by atoms with Crippen molar-refractivity contribution in [2.24, 2.45) is 0 Å². The first-order valence-corrected chi connectivity index (χ1v) is 16.9. The van der Waals surface area contributed by atoms with Crippen LogP contribution in [-0.4, -0.2) is 42.4 Å². The van der Waals surface area contributed by atoms with Gasteiger partial charge in [0.1, 0.15) is 23.6 Å². The maximum absolute atomic E-state index is 13.1. The second-order valence-electron chi connectivity index (χ2n) is 11.6. The smallest absolute Gasteiger partial charge is 0.344 e. The van der Waals surface area contributed by atoms with E-state index in [0.717, 1.165) is 11.3 Å². The van der Waals surface area contributed by atoms with Crippen molar-refractivity contribution in [3.63, 3.8) is 0 Å². The molecular formula is C31H38ClN3O5Si. The Morgan fingerprint density at radius 3 is 2.46 bits per heavy atom. The van der Waals surface area contributed by atoms with E-state index in [4.69, 9.17) is 30.0 Å². The van der Waals surface area contributed by atoms with E-state index >= 15 is 0 Å². The number of hydrogen-bond donors (Lipinski definition) is 0. The molecule has 0 spiro atoms. The Balaban J connectivity index is 1.65. The number of ether oxygens (including phenoxy) is 2. The van der Waals surface area contributed by atoms with Crippen molar-refractivity contribution < 1.29 is 23.2 Å². The molecule has 0 radical (unpaired) electrons. The van der Waals surface area contributed by atoms with Crippen LogP contribution in [0.1, 0.15) is 49.3 Å². The van der Waals surface area contributed by atoms with E-state index in [-0.39, 0.29) is 28.2 Å². The minimum Gasteiger partial charge on any atom is -0.487 e. The van der Waals surface area contributed by atoms with Crippen LogP contribution in [0.2, 0.25) is 23.2 Å². The lowest BCUT2D eigenvalue weighted by molar-refractivity contribution is 0.0602. The van der Waals surface area contributed by atoms with Crippen LogP contribution >= 0.6 is 11.6 Å². The molecular weight excluding hydrogens is 558 g/mol. The fourth-order valence-electron chi connectivity index (χ4n) is 4.30. The summed E-state index contributed by atoms with van der Waals surface area (Å²) in [7, 11) is -0.629. The van der Waals surface area contributed by atoms with Gasteiger partial charge < -0.3 is 18.4 Å². The van der Waals surface area contributed by atoms with Gasteiger partial charge in [0.25, 0.3) is 0 Å². The van der Waals surface area contributed by atoms with Gasteiger partial charge in [0.05, 0.1) is 36.5 Å². The van der Waals surface area contributed by atoms with Crippen LogP contribution in [0.3, 0.4) is 0 Å². The van der Waals surface area contributed by atoms with E-state index in [2.05, 4.69) is 51.0 Å². The van der Waals surface area contributed by atoms with Crippen LogP contribution in [0.25, 0.3) is 22.6 Å². The molecule has 0 saturated carbocycles. The molecule has 4 rings (SSSR count). The number of rotatable bonds is 10. The summed E-state index contributed by atoms with van der Waals surface area (Å²) < 4.78 is 25.3. The molecule has 0 aliphatic carbocycles. The van der Waals surface area contributed by atoms with Gasteiger partial charge in [-0.3, -0.25) is 4.68 Å². The first-order chi connectivity index (χ1) is 19.3. The number of hydrogen-bond acceptors (Lipinski definition) is 7. The van der Waals surface area contributed by atoms with Gasteiger partial charge in [-0.1, -0.05) is 80.0 Å². The van der Waals surface area contributed by atoms with Gasteiger partial charge in [-0.2, -0.15) is 5.10 Å². The summed E-state index contributed by atoms with van der Waals surface area (Å²) in [5.41, 5.74) is 3.39. The molecule has 41 heavy (non-hydrogen) atoms. The minimum absolute atomic E-state index is 0.0508. The van der Waals surface area contributed by atoms with Crippen LogP contribution in [0.15, 0.2) is 59.3 Å². The summed E-state index contributed by atoms with van der Waals surface area (Å²) in [5.74, 6) is 0.137. The maximum Gasteiger partial charge on any atom is 0.344 e. The number of methoxy groups -OCH3 is 1. The van der Waals surface area contributed by atoms with Gasteiger partial charge in [-0.15, -0.1) is 0 Å². The molecule has 0 N–H and O–H groups in total. The van der Waals surface area contributed by atoms with Gasteiger partial charge in [0.2, 0.25) is 0 Å². The van der Waals surface area contributed by atoms with E-state index in [9.17, 15) is 4.79 Å². The normalized spacial score (nSPS) is 12.8. The molecule has 2 aromatic carbocycles. The molecule has 0 aliphatic heterocycles. The van der Waals surface area contributed by atoms with Crippen molar-refractivity contribution in [1.82, 2.24) is 14.9 Å². The zero-order valence-electron chi connectivity index (χ0n) is 24.9. The second-order valence-corrected chi connectivity index (χ2v) is 16.8. The lowest BCUT2D eigenvalue weighted by Gasteiger charge is -2.38. The highest BCUT2D eigenvalue weighted by atomic mass is 35.5. The van der Waals surface area contributed by atoms with Crippen LogP contribution in [-0.2, 0) is 22.3 Å². The molecule has 0 aliphatic rings. The maximum atomic E-state index is 13.1. The Morgan fingerprint density at radius 1 is 1.10 bits per heavy atom. The lowest BCUT2D eigenvalue weighted by atomic mass is 10.0. The van der Waals surface area contributed by atoms with Crippen LogP contribution in [0.5, 0.6) is 5.75 Å². The van der Waals surface area contributed by atoms with Crippen molar-refractivity contribution in [3.8, 4) is 28.3 Å². The summed E-state index contributed by atoms with van der Waals surface area (Å²) in [6.07, 6.45) is 1.62. The average Bonchev–Trinajstić information content (AvgIpc) is 3.50. The Bertz CT molecular complexity index is 1510. The largest absolute Gasteiger partial charge is 0.487 e. The first-order valence-electron chi connectivity index (χ1n) is 13.6. The monoisotopic (exact) mass is 595 g/mol. The standard InChI is InChI=1S/C31H38ClN3O5Si/c1-20(40-41(7,8)31(3,4)5)18-35-21(2)24(17-33-35)29-26(30(36)37-6)28(34-39-29)23-15-12-16-25(27(23)32)38-19-22-13-10-9-11-14-22/h9-17,20H,18-19H2,1-8H3. The number of carbonyl (C=O) groups is 1. The predicted octanol–water partition coefficient (Wildman–Crippen LogP) is 7.94. The van der Waals surface area contributed by atoms with E-state index < -0.39 is 14.3 Å². The lowest BCUT2D eigenvalue weighted by Crippen LogP contribution is -2.44. The molecule has 1 unspecified atom stereocenters. The van der Waals surface area contributed by atoms with Crippen LogP contribution in [0, 0.1) is 6.92 Å². The highest BCUT2D eigenvalue weighted by Crippen LogP contribution is 2.41. The molecule has 4 aromatic rings. The third-order valence-electron chi connectivity index (χ3n) is 7.62. The van der Waals surface area contributed by atoms with Gasteiger partial charge in [0.15, 0.2) is 14.1 Å². The summed E-state index contributed by atoms with van der Waals surface area (Å²) >= 11 is 6.78. The minimum atomic E-state index is -1.95. The molecule has 8 nitrogen and oxygen atoms in total. The van der Waals surface area contributed by atoms with Crippen molar-refractivity contribution in [2.45, 2.75) is 72.0 Å². The fraction of sp³-hybridized carbons (Fsp3) is 0.387. The molecule has 0 amide bonds. The fourth-order valence-corrected chi connectivity index (χ4v) is 6.01. The zero-order chi connectivity index (χ0) is 29.9. The number of benzene rings is 2. The molecule has 0 fully saturated rings. The molecule has 2 heterocycles. The second kappa shape index (κ2) is 12.2. The van der Waals surface area contributed by atoms with E-state index in [1.165, 1.54) is 7.11 Å². The van der Waals surface area contributed by atoms with Crippen molar-refractivity contribution in [1.29, 1.82) is 0 Å². The van der Waals surface area contributed by atoms with Gasteiger partial charge >= 0.3 is 5.97 Å². The number of halogens is 1. The highest BCUT2D eigenvalue weighted by Gasteiger charge is 2.38. The van der Waals surface area contributed by atoms with Gasteiger partial charge in [-0.25, -0.2) is 4.79 Å². The molecule has 2 aromatic heterocycles. The number of nitrogens with zero attached hydrogens (tertiary/aromatic N) is 3. The van der Waals surface area contributed by atoms with Gasteiger partial charge in [-0.05, 0) is 43.6 Å². The van der Waals surface area contributed by atoms with Crippen LogP contribution in [0.4, 0.5) is 0 Å². The summed E-state index contributed by atoms with van der Waals surface area (Å²) in [5, 5.41) is 9.27. The molecule has 0 bridgehead atoms. The summed E-state index contributed by atoms with van der Waals surface area (Å²) in [6, 6.07) is 15.1. The molecule has 1 atom stereocenters. The Morgan fingerprint density at radius 2 is 1.80 bits per heavy atom. The highest BCUT2D eigenvalue weighted by molar-refractivity contribution is 6.74. The number of esters is 1. The number of aromatic nitrogens is 3. The van der Waals surface area contributed by atoms with Crippen molar-refractivity contribution in [3.05, 3.63) is 76.6 Å². The zero-order valence-corrected chi connectivity index (χ0v) is 26.7. The molecule has 218 valence electrons. The summed E-state index contributed by atoms with van der Waals surface area (Å²) in [6.45, 7) is 16.0. The topological polar surface area (TPSA) is 88.6 Å². The predicted molar refractivity (Wildman–Crippen MR) is 163 cm³/mol. The molecule has 0 saturated heterocycles. The third-order valence-corrected chi connectivity index (χ3v) is 12.6. The quantitative estimate of drug-likeness (QED) is 0.136. The van der Waals surface area contributed by atoms with E-state index in [1.54, 1.807) is 24.4 Å². The Kier molecular flexibility index (Phi) is 9.11. The summed E-state index contributed by atoms with van der Waals surface area (Å²) in [4.78, 5) is 13.1. The number of carbonyl (C=O) groups excluding carboxylic acids is 1. The average molecular weight is 596 g/mol. The van der Waals surface area contributed by atoms with Crippen molar-refractivity contribution >= 4 is 25.9 Å². The van der Waals surface area contributed by atoms with E-state index in [1.807, 2.05) is 41.9 Å². The SMILES string of the molecule is COC(=O)c1c(-c2cccc(OCc3ccccc3)c2Cl)noc1-c1cnn(CC(C)O[Si](C)(C)C(C)(C)C)c1C. The first kappa shape index (κ1) is 30.6. The Labute approximate surface area is 247 Å². The van der Waals surface area contributed by atoms with Crippen LogP contribution < -0.4 is 4.74 Å². The van der Waals surface area contributed by atoms with Crippen molar-refractivity contribution in [2.75, 3.05) is 7.11 Å². The third kappa shape index (κ3) is 6.58. The van der Waals surface area contributed by atoms with E-state index in [0.29, 0.717) is 35.1 Å². The molecule has 10 heteroatoms. The van der Waals surface area contributed by atoms with Gasteiger partial charge in [0, 0.05) is 11.3 Å².